The third kappa shape index (κ3) is 5.33. The number of primary amides is 1. The van der Waals surface area contributed by atoms with Crippen LogP contribution < -0.4 is 15.8 Å². The summed E-state index contributed by atoms with van der Waals surface area (Å²) in [4.78, 5) is 24.9. The number of nitrogens with two attached hydrogens (primary N) is 1. The standard InChI is InChI=1S/C23H22N2O3S/c1-15-16(2)29-23(21(15)22(24)27)25-20(26)12-11-17-9-6-10-19(13-17)28-14-18-7-4-3-5-8-18/h3-13H,14H2,1-2H3,(H2,24,27)(H,25,26)/b12-11+. The van der Waals surface area contributed by atoms with Gasteiger partial charge in [-0.15, -0.1) is 11.3 Å². The van der Waals surface area contributed by atoms with E-state index in [-0.39, 0.29) is 5.91 Å². The molecule has 0 saturated carbocycles. The highest BCUT2D eigenvalue weighted by Crippen LogP contribution is 2.32. The number of nitrogens with one attached hydrogen (secondary N) is 1. The minimum atomic E-state index is -0.547. The lowest BCUT2D eigenvalue weighted by Gasteiger charge is -2.07. The van der Waals surface area contributed by atoms with Gasteiger partial charge in [-0.1, -0.05) is 42.5 Å². The van der Waals surface area contributed by atoms with Gasteiger partial charge in [-0.3, -0.25) is 9.59 Å². The predicted molar refractivity (Wildman–Crippen MR) is 117 cm³/mol. The van der Waals surface area contributed by atoms with Crippen LogP contribution in [0.1, 0.15) is 31.9 Å². The van der Waals surface area contributed by atoms with Gasteiger partial charge >= 0.3 is 0 Å². The molecule has 1 aromatic heterocycles. The zero-order chi connectivity index (χ0) is 20.8. The van der Waals surface area contributed by atoms with Crippen LogP contribution in [0.15, 0.2) is 60.7 Å². The Hall–Kier alpha value is -3.38. The van der Waals surface area contributed by atoms with E-state index in [1.807, 2.05) is 68.4 Å². The van der Waals surface area contributed by atoms with Gasteiger partial charge in [0.05, 0.1) is 5.56 Å². The Kier molecular flexibility index (Phi) is 6.46. The lowest BCUT2D eigenvalue weighted by molar-refractivity contribution is -0.111. The molecule has 2 amide bonds. The van der Waals surface area contributed by atoms with Crippen LogP contribution in [0.5, 0.6) is 5.75 Å². The summed E-state index contributed by atoms with van der Waals surface area (Å²) < 4.78 is 5.81. The van der Waals surface area contributed by atoms with Crippen molar-refractivity contribution in [2.75, 3.05) is 5.32 Å². The smallest absolute Gasteiger partial charge is 0.251 e. The highest BCUT2D eigenvalue weighted by Gasteiger charge is 2.18. The molecule has 0 atom stereocenters. The van der Waals surface area contributed by atoms with Crippen LogP contribution in [0.25, 0.3) is 6.08 Å². The van der Waals surface area contributed by atoms with Crippen molar-refractivity contribution in [2.24, 2.45) is 5.73 Å². The molecule has 0 aliphatic carbocycles. The van der Waals surface area contributed by atoms with Gasteiger partial charge in [-0.25, -0.2) is 0 Å². The highest BCUT2D eigenvalue weighted by molar-refractivity contribution is 7.16. The summed E-state index contributed by atoms with van der Waals surface area (Å²) >= 11 is 1.34. The minimum Gasteiger partial charge on any atom is -0.489 e. The topological polar surface area (TPSA) is 81.4 Å². The van der Waals surface area contributed by atoms with Crippen LogP contribution in [-0.4, -0.2) is 11.8 Å². The third-order valence-electron chi connectivity index (χ3n) is 4.40. The molecule has 3 aromatic rings. The number of carbonyl (C=O) groups is 2. The molecule has 2 aromatic carbocycles. The molecule has 0 aliphatic heterocycles. The Balaban J connectivity index is 1.65. The molecule has 3 rings (SSSR count). The van der Waals surface area contributed by atoms with E-state index < -0.39 is 5.91 Å². The quantitative estimate of drug-likeness (QED) is 0.558. The molecule has 5 nitrogen and oxygen atoms in total. The molecule has 0 bridgehead atoms. The van der Waals surface area contributed by atoms with Gasteiger partial charge in [0.1, 0.15) is 17.4 Å². The Morgan fingerprint density at radius 1 is 1.10 bits per heavy atom. The summed E-state index contributed by atoms with van der Waals surface area (Å²) in [6.07, 6.45) is 3.12. The van der Waals surface area contributed by atoms with Crippen LogP contribution in [0.3, 0.4) is 0 Å². The van der Waals surface area contributed by atoms with Gasteiger partial charge in [0, 0.05) is 11.0 Å². The molecule has 148 valence electrons. The Morgan fingerprint density at radius 2 is 1.86 bits per heavy atom. The largest absolute Gasteiger partial charge is 0.489 e. The van der Waals surface area contributed by atoms with Crippen molar-refractivity contribution in [1.82, 2.24) is 0 Å². The average Bonchev–Trinajstić information content (AvgIpc) is 2.99. The van der Waals surface area contributed by atoms with E-state index in [0.29, 0.717) is 17.2 Å². The number of rotatable bonds is 7. The first kappa shape index (κ1) is 20.4. The van der Waals surface area contributed by atoms with Crippen molar-refractivity contribution in [1.29, 1.82) is 0 Å². The predicted octanol–water partition coefficient (Wildman–Crippen LogP) is 4.69. The van der Waals surface area contributed by atoms with E-state index in [2.05, 4.69) is 5.32 Å². The van der Waals surface area contributed by atoms with Gasteiger partial charge < -0.3 is 15.8 Å². The number of ether oxygens (including phenoxy) is 1. The Bertz CT molecular complexity index is 1060. The van der Waals surface area contributed by atoms with Crippen molar-refractivity contribution < 1.29 is 14.3 Å². The Morgan fingerprint density at radius 3 is 2.59 bits per heavy atom. The van der Waals surface area contributed by atoms with Gasteiger partial charge in [0.2, 0.25) is 5.91 Å². The van der Waals surface area contributed by atoms with Gasteiger partial charge in [-0.05, 0) is 48.7 Å². The fraction of sp³-hybridized carbons (Fsp3) is 0.130. The van der Waals surface area contributed by atoms with Crippen molar-refractivity contribution in [3.8, 4) is 5.75 Å². The van der Waals surface area contributed by atoms with Crippen molar-refractivity contribution >= 4 is 34.2 Å². The van der Waals surface area contributed by atoms with Gasteiger partial charge in [-0.2, -0.15) is 0 Å². The second-order valence-electron chi connectivity index (χ2n) is 6.52. The molecule has 6 heteroatoms. The maximum absolute atomic E-state index is 12.3. The zero-order valence-corrected chi connectivity index (χ0v) is 17.1. The molecule has 0 saturated heterocycles. The number of amides is 2. The highest BCUT2D eigenvalue weighted by atomic mass is 32.1. The molecule has 0 fully saturated rings. The molecule has 0 unspecified atom stereocenters. The minimum absolute atomic E-state index is 0.329. The van der Waals surface area contributed by atoms with Crippen LogP contribution in [0.4, 0.5) is 5.00 Å². The van der Waals surface area contributed by atoms with E-state index in [9.17, 15) is 9.59 Å². The van der Waals surface area contributed by atoms with Crippen molar-refractivity contribution in [2.45, 2.75) is 20.5 Å². The first-order chi connectivity index (χ1) is 13.9. The fourth-order valence-corrected chi connectivity index (χ4v) is 3.85. The molecule has 0 spiro atoms. The molecule has 3 N–H and O–H groups in total. The monoisotopic (exact) mass is 406 g/mol. The summed E-state index contributed by atoms with van der Waals surface area (Å²) in [5.74, 6) is -0.157. The normalized spacial score (nSPS) is 10.8. The van der Waals surface area contributed by atoms with Crippen LogP contribution >= 0.6 is 11.3 Å². The summed E-state index contributed by atoms with van der Waals surface area (Å²) in [5.41, 5.74) is 8.52. The molecule has 0 aliphatic rings. The van der Waals surface area contributed by atoms with E-state index in [4.69, 9.17) is 10.5 Å². The number of aryl methyl sites for hydroxylation is 1. The van der Waals surface area contributed by atoms with Crippen molar-refractivity contribution in [3.05, 3.63) is 87.8 Å². The second-order valence-corrected chi connectivity index (χ2v) is 7.75. The number of hydrogen-bond acceptors (Lipinski definition) is 4. The number of thiophene rings is 1. The first-order valence-corrected chi connectivity index (χ1v) is 9.91. The number of carbonyl (C=O) groups excluding carboxylic acids is 2. The summed E-state index contributed by atoms with van der Waals surface area (Å²) in [7, 11) is 0. The average molecular weight is 407 g/mol. The first-order valence-electron chi connectivity index (χ1n) is 9.09. The Labute approximate surface area is 173 Å². The third-order valence-corrected chi connectivity index (χ3v) is 5.52. The molecule has 1 heterocycles. The maximum Gasteiger partial charge on any atom is 0.251 e. The zero-order valence-electron chi connectivity index (χ0n) is 16.3. The van der Waals surface area contributed by atoms with E-state index in [1.54, 1.807) is 6.08 Å². The van der Waals surface area contributed by atoms with Crippen LogP contribution in [0.2, 0.25) is 0 Å². The van der Waals surface area contributed by atoms with Crippen LogP contribution in [0, 0.1) is 13.8 Å². The van der Waals surface area contributed by atoms with Gasteiger partial charge in [0.25, 0.3) is 5.91 Å². The van der Waals surface area contributed by atoms with E-state index >= 15 is 0 Å². The maximum atomic E-state index is 12.3. The van der Waals surface area contributed by atoms with Crippen molar-refractivity contribution in [3.63, 3.8) is 0 Å². The summed E-state index contributed by atoms with van der Waals surface area (Å²) in [6.45, 7) is 4.18. The summed E-state index contributed by atoms with van der Waals surface area (Å²) in [5, 5.41) is 3.22. The lowest BCUT2D eigenvalue weighted by Crippen LogP contribution is -2.16. The second kappa shape index (κ2) is 9.21. The number of hydrogen-bond donors (Lipinski definition) is 2. The lowest BCUT2D eigenvalue weighted by atomic mass is 10.1. The van der Waals surface area contributed by atoms with Gasteiger partial charge in [0.15, 0.2) is 0 Å². The SMILES string of the molecule is Cc1sc(NC(=O)/C=C/c2cccc(OCc3ccccc3)c2)c(C(N)=O)c1C. The van der Waals surface area contributed by atoms with E-state index in [0.717, 1.165) is 27.3 Å². The van der Waals surface area contributed by atoms with Crippen LogP contribution in [-0.2, 0) is 11.4 Å². The number of benzene rings is 2. The molecule has 29 heavy (non-hydrogen) atoms. The number of anilines is 1. The summed E-state index contributed by atoms with van der Waals surface area (Å²) in [6, 6.07) is 17.4. The van der Waals surface area contributed by atoms with E-state index in [1.165, 1.54) is 17.4 Å². The fourth-order valence-electron chi connectivity index (χ4n) is 2.79. The molecular formula is C23H22N2O3S. The molecular weight excluding hydrogens is 384 g/mol. The molecule has 0 radical (unpaired) electrons.